The Morgan fingerprint density at radius 2 is 1.61 bits per heavy atom. The average Bonchev–Trinajstić information content (AvgIpc) is 2.47. The highest BCUT2D eigenvalue weighted by Gasteiger charge is 2.13. The van der Waals surface area contributed by atoms with Crippen molar-refractivity contribution in [1.82, 2.24) is 4.98 Å². The van der Waals surface area contributed by atoms with Gasteiger partial charge in [-0.1, -0.05) is 32.9 Å². The maximum atomic E-state index is 12.2. The zero-order valence-electron chi connectivity index (χ0n) is 14.5. The monoisotopic (exact) mass is 311 g/mol. The molecule has 0 aliphatic carbocycles. The maximum absolute atomic E-state index is 12.2. The van der Waals surface area contributed by atoms with Crippen molar-refractivity contribution < 1.29 is 4.79 Å². The highest BCUT2D eigenvalue weighted by Crippen LogP contribution is 2.23. The zero-order valence-corrected chi connectivity index (χ0v) is 14.5. The van der Waals surface area contributed by atoms with Crippen LogP contribution in [-0.4, -0.2) is 16.9 Å². The molecule has 2 N–H and O–H groups in total. The number of carbonyl (C=O) groups excluding carboxylic acids is 1. The second-order valence-corrected chi connectivity index (χ2v) is 7.01. The lowest BCUT2D eigenvalue weighted by atomic mass is 9.87. The van der Waals surface area contributed by atoms with E-state index in [1.165, 1.54) is 5.56 Å². The Kier molecular flexibility index (Phi) is 5.04. The third-order valence-electron chi connectivity index (χ3n) is 3.46. The van der Waals surface area contributed by atoms with Gasteiger partial charge in [-0.05, 0) is 49.1 Å². The van der Waals surface area contributed by atoms with Crippen molar-refractivity contribution in [3.8, 4) is 0 Å². The molecule has 0 atom stereocenters. The number of benzene rings is 1. The van der Waals surface area contributed by atoms with Crippen LogP contribution in [0.2, 0.25) is 0 Å². The van der Waals surface area contributed by atoms with Crippen molar-refractivity contribution in [3.63, 3.8) is 0 Å². The Bertz CT molecular complexity index is 653. The molecule has 0 bridgehead atoms. The molecule has 4 nitrogen and oxygen atoms in total. The number of aromatic nitrogens is 1. The van der Waals surface area contributed by atoms with Gasteiger partial charge >= 0.3 is 0 Å². The van der Waals surface area contributed by atoms with Crippen LogP contribution in [0, 0.1) is 0 Å². The van der Waals surface area contributed by atoms with Gasteiger partial charge in [-0.15, -0.1) is 0 Å². The van der Waals surface area contributed by atoms with Gasteiger partial charge in [0.25, 0.3) is 5.91 Å². The first-order valence-corrected chi connectivity index (χ1v) is 7.90. The lowest BCUT2D eigenvalue weighted by Gasteiger charge is -2.19. The molecular formula is C19H25N3O. The number of hydrogen-bond acceptors (Lipinski definition) is 3. The fourth-order valence-electron chi connectivity index (χ4n) is 2.20. The molecule has 2 rings (SSSR count). The van der Waals surface area contributed by atoms with Gasteiger partial charge in [-0.3, -0.25) is 4.79 Å². The van der Waals surface area contributed by atoms with Gasteiger partial charge in [0.1, 0.15) is 5.69 Å². The first kappa shape index (κ1) is 17.0. The third kappa shape index (κ3) is 4.81. The van der Waals surface area contributed by atoms with Gasteiger partial charge in [0, 0.05) is 11.7 Å². The molecule has 1 aromatic heterocycles. The average molecular weight is 311 g/mol. The molecule has 0 spiro atoms. The summed E-state index contributed by atoms with van der Waals surface area (Å²) in [5.41, 5.74) is 3.42. The third-order valence-corrected chi connectivity index (χ3v) is 3.46. The Morgan fingerprint density at radius 1 is 1.00 bits per heavy atom. The normalized spacial score (nSPS) is 11.4. The van der Waals surface area contributed by atoms with E-state index in [2.05, 4.69) is 50.2 Å². The van der Waals surface area contributed by atoms with Crippen LogP contribution in [0.4, 0.5) is 11.4 Å². The Morgan fingerprint density at radius 3 is 2.09 bits per heavy atom. The molecule has 1 amide bonds. The molecule has 23 heavy (non-hydrogen) atoms. The molecule has 0 saturated heterocycles. The van der Waals surface area contributed by atoms with Crippen LogP contribution in [0.3, 0.4) is 0 Å². The number of nitrogens with one attached hydrogen (secondary N) is 2. The topological polar surface area (TPSA) is 54.0 Å². The smallest absolute Gasteiger partial charge is 0.274 e. The van der Waals surface area contributed by atoms with E-state index in [1.807, 2.05) is 30.3 Å². The minimum atomic E-state index is -0.204. The van der Waals surface area contributed by atoms with Gasteiger partial charge in [0.2, 0.25) is 0 Å². The summed E-state index contributed by atoms with van der Waals surface area (Å²) in [5, 5.41) is 6.12. The molecule has 0 saturated carbocycles. The van der Waals surface area contributed by atoms with E-state index in [0.717, 1.165) is 11.4 Å². The first-order chi connectivity index (χ1) is 10.8. The number of carbonyl (C=O) groups is 1. The van der Waals surface area contributed by atoms with Gasteiger partial charge in [-0.25, -0.2) is 4.98 Å². The van der Waals surface area contributed by atoms with Crippen LogP contribution in [0.15, 0.2) is 42.6 Å². The molecular weight excluding hydrogens is 286 g/mol. The highest BCUT2D eigenvalue weighted by atomic mass is 16.1. The van der Waals surface area contributed by atoms with Crippen molar-refractivity contribution in [2.75, 3.05) is 10.6 Å². The lowest BCUT2D eigenvalue weighted by molar-refractivity contribution is 0.102. The van der Waals surface area contributed by atoms with Crippen molar-refractivity contribution in [2.45, 2.75) is 46.1 Å². The first-order valence-electron chi connectivity index (χ1n) is 7.90. The van der Waals surface area contributed by atoms with Crippen LogP contribution in [0.25, 0.3) is 0 Å². The molecule has 122 valence electrons. The van der Waals surface area contributed by atoms with E-state index in [9.17, 15) is 4.79 Å². The molecule has 2 aromatic rings. The van der Waals surface area contributed by atoms with E-state index in [4.69, 9.17) is 0 Å². The van der Waals surface area contributed by atoms with E-state index in [-0.39, 0.29) is 11.3 Å². The van der Waals surface area contributed by atoms with E-state index < -0.39 is 0 Å². The number of amides is 1. The van der Waals surface area contributed by atoms with Crippen LogP contribution in [0.1, 0.15) is 50.7 Å². The Hall–Kier alpha value is -2.36. The summed E-state index contributed by atoms with van der Waals surface area (Å²) >= 11 is 0. The molecule has 1 aromatic carbocycles. The lowest BCUT2D eigenvalue weighted by Crippen LogP contribution is -2.15. The highest BCUT2D eigenvalue weighted by molar-refractivity contribution is 6.02. The van der Waals surface area contributed by atoms with E-state index in [0.29, 0.717) is 11.7 Å². The van der Waals surface area contributed by atoms with Crippen molar-refractivity contribution in [2.24, 2.45) is 0 Å². The fraction of sp³-hybridized carbons (Fsp3) is 0.368. The summed E-state index contributed by atoms with van der Waals surface area (Å²) in [7, 11) is 0. The predicted molar refractivity (Wildman–Crippen MR) is 96.1 cm³/mol. The van der Waals surface area contributed by atoms with Gasteiger partial charge in [0.15, 0.2) is 0 Å². The molecule has 1 heterocycles. The standard InChI is InChI=1S/C19H25N3O/c1-13(2)21-16-10-11-17(20-12-16)18(23)22-15-8-6-14(7-9-15)19(3,4)5/h6-13,21H,1-5H3,(H,22,23). The molecule has 0 aliphatic rings. The summed E-state index contributed by atoms with van der Waals surface area (Å²) < 4.78 is 0. The largest absolute Gasteiger partial charge is 0.382 e. The number of rotatable bonds is 4. The summed E-state index contributed by atoms with van der Waals surface area (Å²) in [6.07, 6.45) is 1.68. The predicted octanol–water partition coefficient (Wildman–Crippen LogP) is 4.45. The van der Waals surface area contributed by atoms with Crippen LogP contribution >= 0.6 is 0 Å². The molecule has 4 heteroatoms. The number of hydrogen-bond donors (Lipinski definition) is 2. The minimum absolute atomic E-state index is 0.101. The number of anilines is 2. The summed E-state index contributed by atoms with van der Waals surface area (Å²) in [6, 6.07) is 11.9. The quantitative estimate of drug-likeness (QED) is 0.877. The zero-order chi connectivity index (χ0) is 17.0. The summed E-state index contributed by atoms with van der Waals surface area (Å²) in [4.78, 5) is 16.4. The minimum Gasteiger partial charge on any atom is -0.382 e. The molecule has 0 fully saturated rings. The van der Waals surface area contributed by atoms with E-state index >= 15 is 0 Å². The van der Waals surface area contributed by atoms with Crippen molar-refractivity contribution in [3.05, 3.63) is 53.9 Å². The fourth-order valence-corrected chi connectivity index (χ4v) is 2.20. The second kappa shape index (κ2) is 6.82. The van der Waals surface area contributed by atoms with Crippen LogP contribution < -0.4 is 10.6 Å². The van der Waals surface area contributed by atoms with E-state index in [1.54, 1.807) is 12.3 Å². The van der Waals surface area contributed by atoms with Crippen LogP contribution in [0.5, 0.6) is 0 Å². The van der Waals surface area contributed by atoms with Crippen LogP contribution in [-0.2, 0) is 5.41 Å². The van der Waals surface area contributed by atoms with Crippen molar-refractivity contribution in [1.29, 1.82) is 0 Å². The number of nitrogens with zero attached hydrogens (tertiary/aromatic N) is 1. The molecule has 0 unspecified atom stereocenters. The SMILES string of the molecule is CC(C)Nc1ccc(C(=O)Nc2ccc(C(C)(C)C)cc2)nc1. The van der Waals surface area contributed by atoms with Gasteiger partial charge < -0.3 is 10.6 Å². The summed E-state index contributed by atoms with van der Waals surface area (Å²) in [5.74, 6) is -0.204. The van der Waals surface area contributed by atoms with Crippen molar-refractivity contribution >= 4 is 17.3 Å². The maximum Gasteiger partial charge on any atom is 0.274 e. The molecule has 0 aliphatic heterocycles. The molecule has 0 radical (unpaired) electrons. The number of pyridine rings is 1. The Balaban J connectivity index is 2.04. The van der Waals surface area contributed by atoms with Gasteiger partial charge in [-0.2, -0.15) is 0 Å². The summed E-state index contributed by atoms with van der Waals surface area (Å²) in [6.45, 7) is 10.6. The van der Waals surface area contributed by atoms with Gasteiger partial charge in [0.05, 0.1) is 11.9 Å². The second-order valence-electron chi connectivity index (χ2n) is 7.01. The Labute approximate surface area is 138 Å².